The number of fused-ring (bicyclic) bond motifs is 1. The van der Waals surface area contributed by atoms with Crippen molar-refractivity contribution in [1.29, 1.82) is 0 Å². The van der Waals surface area contributed by atoms with Crippen molar-refractivity contribution in [2.75, 3.05) is 0 Å². The van der Waals surface area contributed by atoms with Crippen LogP contribution in [0.3, 0.4) is 0 Å². The summed E-state index contributed by atoms with van der Waals surface area (Å²) in [6.07, 6.45) is 3.47. The number of benzene rings is 1. The first-order valence-electron chi connectivity index (χ1n) is 11.9. The fourth-order valence-corrected chi connectivity index (χ4v) is 4.37. The van der Waals surface area contributed by atoms with Gasteiger partial charge in [0, 0.05) is 17.6 Å². The molecular formula is C26H34N6O2. The van der Waals surface area contributed by atoms with Crippen LogP contribution in [-0.4, -0.2) is 30.1 Å². The van der Waals surface area contributed by atoms with Crippen LogP contribution in [0.1, 0.15) is 74.9 Å². The zero-order valence-corrected chi connectivity index (χ0v) is 20.9. The van der Waals surface area contributed by atoms with Crippen molar-refractivity contribution >= 4 is 10.9 Å². The van der Waals surface area contributed by atoms with E-state index in [4.69, 9.17) is 4.42 Å². The van der Waals surface area contributed by atoms with E-state index in [1.165, 1.54) is 5.56 Å². The predicted molar refractivity (Wildman–Crippen MR) is 132 cm³/mol. The van der Waals surface area contributed by atoms with Gasteiger partial charge in [-0.25, -0.2) is 4.68 Å². The summed E-state index contributed by atoms with van der Waals surface area (Å²) in [4.78, 5) is 18.4. The van der Waals surface area contributed by atoms with E-state index in [1.54, 1.807) is 6.26 Å². The number of aromatic amines is 1. The minimum Gasteiger partial charge on any atom is -0.468 e. The zero-order valence-electron chi connectivity index (χ0n) is 20.9. The van der Waals surface area contributed by atoms with Gasteiger partial charge in [0.1, 0.15) is 5.76 Å². The Morgan fingerprint density at radius 2 is 1.91 bits per heavy atom. The number of H-pyrrole nitrogens is 1. The van der Waals surface area contributed by atoms with Crippen molar-refractivity contribution in [2.45, 2.75) is 79.1 Å². The van der Waals surface area contributed by atoms with Crippen molar-refractivity contribution < 1.29 is 4.42 Å². The van der Waals surface area contributed by atoms with Gasteiger partial charge in [0.2, 0.25) is 0 Å². The maximum absolute atomic E-state index is 13.1. The largest absolute Gasteiger partial charge is 0.468 e. The van der Waals surface area contributed by atoms with Gasteiger partial charge in [0.15, 0.2) is 5.82 Å². The molecule has 180 valence electrons. The normalized spacial score (nSPS) is 13.1. The first-order valence-corrected chi connectivity index (χ1v) is 11.9. The molecular weight excluding hydrogens is 428 g/mol. The van der Waals surface area contributed by atoms with Gasteiger partial charge >= 0.3 is 0 Å². The lowest BCUT2D eigenvalue weighted by molar-refractivity contribution is 0.138. The van der Waals surface area contributed by atoms with Gasteiger partial charge in [-0.3, -0.25) is 9.69 Å². The van der Waals surface area contributed by atoms with Gasteiger partial charge in [-0.2, -0.15) is 0 Å². The van der Waals surface area contributed by atoms with Crippen LogP contribution in [0, 0.1) is 13.8 Å². The minimum atomic E-state index is -0.267. The average Bonchev–Trinajstić information content (AvgIpc) is 3.45. The number of nitrogens with one attached hydrogen (secondary N) is 1. The molecule has 1 aromatic carbocycles. The third-order valence-corrected chi connectivity index (χ3v) is 6.28. The summed E-state index contributed by atoms with van der Waals surface area (Å²) in [6.45, 7) is 13.5. The van der Waals surface area contributed by atoms with Gasteiger partial charge in [0.05, 0.1) is 24.4 Å². The third-order valence-electron chi connectivity index (χ3n) is 6.28. The van der Waals surface area contributed by atoms with Crippen LogP contribution in [0.15, 0.2) is 45.8 Å². The Bertz CT molecular complexity index is 1310. The average molecular weight is 463 g/mol. The molecule has 0 saturated carbocycles. The lowest BCUT2D eigenvalue weighted by atomic mass is 10.0. The number of pyridine rings is 1. The minimum absolute atomic E-state index is 0.0779. The summed E-state index contributed by atoms with van der Waals surface area (Å²) in [5, 5.41) is 13.8. The number of aromatic nitrogens is 5. The monoisotopic (exact) mass is 462 g/mol. The second-order valence-corrected chi connectivity index (χ2v) is 10.1. The Balaban J connectivity index is 1.78. The summed E-state index contributed by atoms with van der Waals surface area (Å²) in [5.74, 6) is 1.63. The number of rotatable bonds is 8. The van der Waals surface area contributed by atoms with Gasteiger partial charge in [-0.15, -0.1) is 5.10 Å². The van der Waals surface area contributed by atoms with Crippen molar-refractivity contribution in [1.82, 2.24) is 30.1 Å². The summed E-state index contributed by atoms with van der Waals surface area (Å²) in [6, 6.07) is 9.93. The topological polar surface area (TPSA) is 92.8 Å². The summed E-state index contributed by atoms with van der Waals surface area (Å²) in [7, 11) is 0. The molecule has 0 saturated heterocycles. The molecule has 0 spiro atoms. The van der Waals surface area contributed by atoms with Gasteiger partial charge in [0.25, 0.3) is 5.56 Å². The van der Waals surface area contributed by atoms with Crippen LogP contribution in [0.5, 0.6) is 0 Å². The smallest absolute Gasteiger partial charge is 0.252 e. The maximum atomic E-state index is 13.1. The number of hydrogen-bond acceptors (Lipinski definition) is 6. The SMILES string of the molecule is CCC[C@@H](c1nnnn1C(C)(C)C)N(Cc1ccco1)Cc1cc2cc(C)c(C)cc2[nH]c1=O. The molecule has 8 nitrogen and oxygen atoms in total. The second kappa shape index (κ2) is 9.54. The van der Waals surface area contributed by atoms with Crippen molar-refractivity contribution in [3.05, 3.63) is 75.2 Å². The van der Waals surface area contributed by atoms with E-state index in [0.29, 0.717) is 18.7 Å². The zero-order chi connectivity index (χ0) is 24.5. The van der Waals surface area contributed by atoms with Gasteiger partial charge < -0.3 is 9.40 Å². The van der Waals surface area contributed by atoms with E-state index in [1.807, 2.05) is 28.9 Å². The van der Waals surface area contributed by atoms with Crippen molar-refractivity contribution in [3.8, 4) is 0 Å². The molecule has 1 N–H and O–H groups in total. The van der Waals surface area contributed by atoms with E-state index in [2.05, 4.69) is 73.0 Å². The van der Waals surface area contributed by atoms with Crippen LogP contribution in [0.4, 0.5) is 0 Å². The molecule has 0 aliphatic heterocycles. The first kappa shape index (κ1) is 23.9. The molecule has 3 heterocycles. The Morgan fingerprint density at radius 1 is 1.15 bits per heavy atom. The number of hydrogen-bond donors (Lipinski definition) is 1. The highest BCUT2D eigenvalue weighted by Crippen LogP contribution is 2.30. The van der Waals surface area contributed by atoms with E-state index >= 15 is 0 Å². The number of furan rings is 1. The fraction of sp³-hybridized carbons (Fsp3) is 0.462. The quantitative estimate of drug-likeness (QED) is 0.395. The Hall–Kier alpha value is -3.26. The van der Waals surface area contributed by atoms with Crippen LogP contribution in [-0.2, 0) is 18.6 Å². The highest BCUT2D eigenvalue weighted by Gasteiger charge is 2.30. The van der Waals surface area contributed by atoms with Crippen LogP contribution < -0.4 is 5.56 Å². The summed E-state index contributed by atoms with van der Waals surface area (Å²) >= 11 is 0. The lowest BCUT2D eigenvalue weighted by Crippen LogP contribution is -2.35. The standard InChI is InChI=1S/C26H34N6O2/c1-7-9-23(24-28-29-30-32(24)26(4,5)6)31(16-21-10-8-11-34-21)15-20-14-19-12-17(2)18(3)13-22(19)27-25(20)33/h8,10-14,23H,7,9,15-16H2,1-6H3,(H,27,33)/t23-/m0/s1. The molecule has 0 amide bonds. The number of tetrazole rings is 1. The molecule has 3 aromatic heterocycles. The summed E-state index contributed by atoms with van der Waals surface area (Å²) in [5.41, 5.74) is 3.58. The molecule has 0 bridgehead atoms. The molecule has 34 heavy (non-hydrogen) atoms. The lowest BCUT2D eigenvalue weighted by Gasteiger charge is -2.32. The van der Waals surface area contributed by atoms with Crippen LogP contribution in [0.25, 0.3) is 10.9 Å². The van der Waals surface area contributed by atoms with Crippen LogP contribution >= 0.6 is 0 Å². The van der Waals surface area contributed by atoms with E-state index in [0.717, 1.165) is 40.9 Å². The molecule has 0 aliphatic rings. The third kappa shape index (κ3) is 4.97. The van der Waals surface area contributed by atoms with E-state index in [9.17, 15) is 4.79 Å². The van der Waals surface area contributed by atoms with Gasteiger partial charge in [-0.05, 0) is 98.3 Å². The molecule has 0 fully saturated rings. The number of aryl methyl sites for hydroxylation is 2. The maximum Gasteiger partial charge on any atom is 0.252 e. The van der Waals surface area contributed by atoms with E-state index in [-0.39, 0.29) is 17.1 Å². The Kier molecular flexibility index (Phi) is 6.70. The molecule has 4 rings (SSSR count). The molecule has 0 unspecified atom stereocenters. The predicted octanol–water partition coefficient (Wildman–Crippen LogP) is 5.02. The Labute approximate surface area is 200 Å². The highest BCUT2D eigenvalue weighted by atomic mass is 16.3. The molecule has 8 heteroatoms. The van der Waals surface area contributed by atoms with Gasteiger partial charge in [-0.1, -0.05) is 13.3 Å². The van der Waals surface area contributed by atoms with E-state index < -0.39 is 0 Å². The summed E-state index contributed by atoms with van der Waals surface area (Å²) < 4.78 is 7.58. The fourth-order valence-electron chi connectivity index (χ4n) is 4.37. The first-order chi connectivity index (χ1) is 16.2. The second-order valence-electron chi connectivity index (χ2n) is 10.1. The highest BCUT2D eigenvalue weighted by molar-refractivity contribution is 5.80. The van der Waals surface area contributed by atoms with Crippen LogP contribution in [0.2, 0.25) is 0 Å². The number of nitrogens with zero attached hydrogens (tertiary/aromatic N) is 5. The molecule has 0 aliphatic carbocycles. The molecule has 1 atom stereocenters. The molecule has 0 radical (unpaired) electrons. The molecule has 4 aromatic rings. The van der Waals surface area contributed by atoms with Crippen molar-refractivity contribution in [3.63, 3.8) is 0 Å². The van der Waals surface area contributed by atoms with Crippen molar-refractivity contribution in [2.24, 2.45) is 0 Å². The Morgan fingerprint density at radius 3 is 2.59 bits per heavy atom.